The van der Waals surface area contributed by atoms with Gasteiger partial charge in [0, 0.05) is 42.2 Å². The molecule has 1 fully saturated rings. The van der Waals surface area contributed by atoms with Crippen molar-refractivity contribution in [3.8, 4) is 0 Å². The number of carbonyl (C=O) groups excluding carboxylic acids is 1. The van der Waals surface area contributed by atoms with Gasteiger partial charge in [0.2, 0.25) is 5.91 Å². The Morgan fingerprint density at radius 3 is 2.91 bits per heavy atom. The van der Waals surface area contributed by atoms with Gasteiger partial charge in [0.15, 0.2) is 0 Å². The maximum Gasteiger partial charge on any atom is 0.308 e. The number of aryl methyl sites for hydroxylation is 1. The van der Waals surface area contributed by atoms with Crippen LogP contribution in [-0.2, 0) is 16.1 Å². The number of halogens is 1. The fourth-order valence-electron chi connectivity index (χ4n) is 3.13. The number of carboxylic acid groups (broad SMARTS) is 1. The molecule has 1 aromatic carbocycles. The molecule has 2 heterocycles. The van der Waals surface area contributed by atoms with Gasteiger partial charge in [-0.25, -0.2) is 0 Å². The summed E-state index contributed by atoms with van der Waals surface area (Å²) in [6, 6.07) is 8.12. The molecule has 1 N–H and O–H groups in total. The number of nitrogens with zero attached hydrogens (tertiary/aromatic N) is 2. The fraction of sp³-hybridized carbons (Fsp3) is 0.412. The van der Waals surface area contributed by atoms with Crippen molar-refractivity contribution in [2.75, 3.05) is 13.1 Å². The summed E-state index contributed by atoms with van der Waals surface area (Å²) in [4.78, 5) is 25.2. The van der Waals surface area contributed by atoms with E-state index < -0.39 is 11.9 Å². The third-order valence-corrected chi connectivity index (χ3v) is 4.92. The molecule has 0 saturated carbocycles. The van der Waals surface area contributed by atoms with E-state index in [4.69, 9.17) is 5.11 Å². The number of fused-ring (bicyclic) bond motifs is 1. The topological polar surface area (TPSA) is 62.5 Å². The molecule has 0 bridgehead atoms. The molecule has 1 atom stereocenters. The number of aromatic nitrogens is 1. The van der Waals surface area contributed by atoms with E-state index in [0.717, 1.165) is 21.8 Å². The van der Waals surface area contributed by atoms with Gasteiger partial charge in [-0.05, 0) is 36.4 Å². The molecule has 5 nitrogen and oxygen atoms in total. The zero-order valence-electron chi connectivity index (χ0n) is 12.7. The highest BCUT2D eigenvalue weighted by molar-refractivity contribution is 9.10. The number of amides is 1. The number of likely N-dealkylation sites (tertiary alicyclic amines) is 1. The maximum absolute atomic E-state index is 12.4. The van der Waals surface area contributed by atoms with Gasteiger partial charge < -0.3 is 14.6 Å². The Morgan fingerprint density at radius 2 is 2.13 bits per heavy atom. The van der Waals surface area contributed by atoms with Gasteiger partial charge in [-0.2, -0.15) is 0 Å². The van der Waals surface area contributed by atoms with Crippen molar-refractivity contribution in [3.05, 3.63) is 34.9 Å². The summed E-state index contributed by atoms with van der Waals surface area (Å²) in [5.41, 5.74) is 1.09. The molecule has 1 amide bonds. The van der Waals surface area contributed by atoms with Crippen molar-refractivity contribution in [1.29, 1.82) is 0 Å². The van der Waals surface area contributed by atoms with Crippen molar-refractivity contribution >= 4 is 38.7 Å². The molecule has 122 valence electrons. The van der Waals surface area contributed by atoms with E-state index in [9.17, 15) is 9.59 Å². The molecule has 0 spiro atoms. The smallest absolute Gasteiger partial charge is 0.308 e. The van der Waals surface area contributed by atoms with E-state index in [0.29, 0.717) is 32.5 Å². The van der Waals surface area contributed by atoms with E-state index in [1.807, 2.05) is 30.5 Å². The van der Waals surface area contributed by atoms with Crippen LogP contribution in [0.5, 0.6) is 0 Å². The monoisotopic (exact) mass is 378 g/mol. The lowest BCUT2D eigenvalue weighted by molar-refractivity contribution is -0.145. The Labute approximate surface area is 143 Å². The molecule has 1 aliphatic rings. The molecule has 23 heavy (non-hydrogen) atoms. The zero-order valence-corrected chi connectivity index (χ0v) is 14.3. The SMILES string of the molecule is O=C(O)[C@@H]1CCCN(C(=O)CCn2ccc3ccc(Br)cc32)C1. The summed E-state index contributed by atoms with van der Waals surface area (Å²) < 4.78 is 3.08. The van der Waals surface area contributed by atoms with Crippen LogP contribution in [-0.4, -0.2) is 39.5 Å². The minimum absolute atomic E-state index is 0.0350. The average Bonchev–Trinajstić information content (AvgIpc) is 2.95. The minimum atomic E-state index is -0.802. The van der Waals surface area contributed by atoms with Crippen LogP contribution < -0.4 is 0 Å². The minimum Gasteiger partial charge on any atom is -0.481 e. The normalized spacial score (nSPS) is 18.3. The van der Waals surface area contributed by atoms with E-state index in [2.05, 4.69) is 20.5 Å². The summed E-state index contributed by atoms with van der Waals surface area (Å²) >= 11 is 3.47. The van der Waals surface area contributed by atoms with Crippen molar-refractivity contribution in [3.63, 3.8) is 0 Å². The first-order chi connectivity index (χ1) is 11.0. The van der Waals surface area contributed by atoms with Gasteiger partial charge in [-0.15, -0.1) is 0 Å². The van der Waals surface area contributed by atoms with E-state index >= 15 is 0 Å². The number of rotatable bonds is 4. The summed E-state index contributed by atoms with van der Waals surface area (Å²) in [6.45, 7) is 1.61. The molecule has 2 aromatic rings. The Morgan fingerprint density at radius 1 is 1.30 bits per heavy atom. The van der Waals surface area contributed by atoms with Gasteiger partial charge in [0.25, 0.3) is 0 Å². The van der Waals surface area contributed by atoms with Crippen LogP contribution in [0.2, 0.25) is 0 Å². The standard InChI is InChI=1S/C17H19BrN2O3/c18-14-4-3-12-5-8-19(15(12)10-14)9-6-16(21)20-7-1-2-13(11-20)17(22)23/h3-5,8,10,13H,1-2,6-7,9,11H2,(H,22,23)/t13-/m1/s1. The van der Waals surface area contributed by atoms with Gasteiger partial charge in [0.05, 0.1) is 5.92 Å². The Balaban J connectivity index is 1.64. The van der Waals surface area contributed by atoms with E-state index in [1.54, 1.807) is 4.90 Å². The van der Waals surface area contributed by atoms with Crippen LogP contribution in [0.25, 0.3) is 10.9 Å². The maximum atomic E-state index is 12.4. The van der Waals surface area contributed by atoms with Crippen molar-refractivity contribution in [2.24, 2.45) is 5.92 Å². The lowest BCUT2D eigenvalue weighted by Gasteiger charge is -2.30. The summed E-state index contributed by atoms with van der Waals surface area (Å²) in [7, 11) is 0. The van der Waals surface area contributed by atoms with Gasteiger partial charge in [0.1, 0.15) is 0 Å². The van der Waals surface area contributed by atoms with Gasteiger partial charge >= 0.3 is 5.97 Å². The number of benzene rings is 1. The second kappa shape index (κ2) is 6.74. The number of piperidine rings is 1. The number of carbonyl (C=O) groups is 2. The molecule has 1 aromatic heterocycles. The molecule has 6 heteroatoms. The van der Waals surface area contributed by atoms with E-state index in [1.165, 1.54) is 0 Å². The highest BCUT2D eigenvalue weighted by Crippen LogP contribution is 2.22. The van der Waals surface area contributed by atoms with Crippen molar-refractivity contribution < 1.29 is 14.7 Å². The van der Waals surface area contributed by atoms with Crippen molar-refractivity contribution in [2.45, 2.75) is 25.8 Å². The predicted octanol–water partition coefficient (Wildman–Crippen LogP) is 3.12. The molecule has 0 radical (unpaired) electrons. The lowest BCUT2D eigenvalue weighted by atomic mass is 9.98. The summed E-state index contributed by atoms with van der Waals surface area (Å²) in [5, 5.41) is 10.3. The third kappa shape index (κ3) is 3.58. The Kier molecular flexibility index (Phi) is 4.71. The fourth-order valence-corrected chi connectivity index (χ4v) is 3.48. The number of carboxylic acids is 1. The molecular weight excluding hydrogens is 360 g/mol. The number of hydrogen-bond acceptors (Lipinski definition) is 2. The Bertz CT molecular complexity index is 741. The molecule has 0 unspecified atom stereocenters. The molecule has 1 aliphatic heterocycles. The number of aliphatic carboxylic acids is 1. The second-order valence-electron chi connectivity index (χ2n) is 5.98. The average molecular weight is 379 g/mol. The molecular formula is C17H19BrN2O3. The lowest BCUT2D eigenvalue weighted by Crippen LogP contribution is -2.42. The van der Waals surface area contributed by atoms with Crippen LogP contribution >= 0.6 is 15.9 Å². The van der Waals surface area contributed by atoms with Crippen LogP contribution in [0.3, 0.4) is 0 Å². The predicted molar refractivity (Wildman–Crippen MR) is 91.2 cm³/mol. The molecule has 3 rings (SSSR count). The van der Waals surface area contributed by atoms with E-state index in [-0.39, 0.29) is 5.91 Å². The summed E-state index contributed by atoms with van der Waals surface area (Å²) in [6.07, 6.45) is 3.81. The van der Waals surface area contributed by atoms with Crippen LogP contribution in [0.15, 0.2) is 34.9 Å². The Hall–Kier alpha value is -1.82. The zero-order chi connectivity index (χ0) is 16.4. The largest absolute Gasteiger partial charge is 0.481 e. The first-order valence-electron chi connectivity index (χ1n) is 7.79. The molecule has 1 saturated heterocycles. The molecule has 0 aliphatic carbocycles. The number of hydrogen-bond donors (Lipinski definition) is 1. The third-order valence-electron chi connectivity index (χ3n) is 4.43. The first-order valence-corrected chi connectivity index (χ1v) is 8.59. The van der Waals surface area contributed by atoms with Gasteiger partial charge in [-0.3, -0.25) is 9.59 Å². The highest BCUT2D eigenvalue weighted by Gasteiger charge is 2.27. The summed E-state index contributed by atoms with van der Waals surface area (Å²) in [5.74, 6) is -1.19. The van der Waals surface area contributed by atoms with Crippen molar-refractivity contribution in [1.82, 2.24) is 9.47 Å². The highest BCUT2D eigenvalue weighted by atomic mass is 79.9. The first kappa shape index (κ1) is 16.1. The second-order valence-corrected chi connectivity index (χ2v) is 6.90. The quantitative estimate of drug-likeness (QED) is 0.888. The van der Waals surface area contributed by atoms with Crippen LogP contribution in [0.1, 0.15) is 19.3 Å². The van der Waals surface area contributed by atoms with Gasteiger partial charge in [-0.1, -0.05) is 22.0 Å². The van der Waals surface area contributed by atoms with Crippen LogP contribution in [0.4, 0.5) is 0 Å². The van der Waals surface area contributed by atoms with Crippen LogP contribution in [0, 0.1) is 5.92 Å².